The minimum Gasteiger partial charge on any atom is -0.298 e. The normalized spacial score (nSPS) is 11.4. The summed E-state index contributed by atoms with van der Waals surface area (Å²) in [5.74, 6) is 0. The van der Waals surface area contributed by atoms with Crippen molar-refractivity contribution in [1.29, 1.82) is 0 Å². The summed E-state index contributed by atoms with van der Waals surface area (Å²) in [6, 6.07) is 8.07. The van der Waals surface area contributed by atoms with Crippen molar-refractivity contribution < 1.29 is 13.2 Å². The van der Waals surface area contributed by atoms with Gasteiger partial charge in [-0.05, 0) is 40.5 Å². The summed E-state index contributed by atoms with van der Waals surface area (Å²) in [4.78, 5) is 11.0. The Bertz CT molecular complexity index is 690. The molecule has 0 spiro atoms. The summed E-state index contributed by atoms with van der Waals surface area (Å²) >= 11 is 3.20. The van der Waals surface area contributed by atoms with Crippen LogP contribution in [0.25, 0.3) is 0 Å². The zero-order valence-electron chi connectivity index (χ0n) is 9.50. The Morgan fingerprint density at radius 2 is 1.83 bits per heavy atom. The van der Waals surface area contributed by atoms with Crippen LogP contribution < -0.4 is 0 Å². The molecule has 2 rings (SSSR count). The smallest absolute Gasteiger partial charge is 0.268 e. The van der Waals surface area contributed by atoms with Crippen molar-refractivity contribution in [1.82, 2.24) is 3.97 Å². The predicted molar refractivity (Wildman–Crippen MR) is 71.3 cm³/mol. The van der Waals surface area contributed by atoms with Crippen LogP contribution in [0.15, 0.2) is 46.0 Å². The van der Waals surface area contributed by atoms with E-state index >= 15 is 0 Å². The van der Waals surface area contributed by atoms with E-state index in [-0.39, 0.29) is 4.90 Å². The molecular formula is C12H10BrNO3S. The summed E-state index contributed by atoms with van der Waals surface area (Å²) in [5.41, 5.74) is 0.950. The number of benzene rings is 1. The van der Waals surface area contributed by atoms with Gasteiger partial charge in [0.05, 0.1) is 4.90 Å². The third-order valence-electron chi connectivity index (χ3n) is 2.62. The molecule has 2 aromatic rings. The number of carbonyl (C=O) groups is 1. The SMILES string of the molecule is Cc1c(C=O)cn(S(=O)(=O)c2ccccc2)c1Br. The van der Waals surface area contributed by atoms with E-state index in [0.29, 0.717) is 22.0 Å². The lowest BCUT2D eigenvalue weighted by atomic mass is 10.2. The summed E-state index contributed by atoms with van der Waals surface area (Å²) in [6.45, 7) is 1.69. The molecule has 4 nitrogen and oxygen atoms in total. The van der Waals surface area contributed by atoms with E-state index in [0.717, 1.165) is 3.97 Å². The highest BCUT2D eigenvalue weighted by Gasteiger charge is 2.21. The average molecular weight is 328 g/mol. The molecule has 0 saturated carbocycles. The molecule has 0 radical (unpaired) electrons. The molecule has 1 aromatic heterocycles. The van der Waals surface area contributed by atoms with Crippen LogP contribution in [-0.4, -0.2) is 18.7 Å². The van der Waals surface area contributed by atoms with Crippen LogP contribution in [-0.2, 0) is 10.0 Å². The molecular weight excluding hydrogens is 318 g/mol. The molecule has 0 aliphatic rings. The first-order chi connectivity index (χ1) is 8.48. The van der Waals surface area contributed by atoms with Gasteiger partial charge in [-0.3, -0.25) is 4.79 Å². The van der Waals surface area contributed by atoms with Crippen molar-refractivity contribution >= 4 is 32.2 Å². The third kappa shape index (κ3) is 2.02. The third-order valence-corrected chi connectivity index (χ3v) is 5.50. The van der Waals surface area contributed by atoms with Gasteiger partial charge >= 0.3 is 0 Å². The van der Waals surface area contributed by atoms with E-state index in [1.165, 1.54) is 18.3 Å². The Kier molecular flexibility index (Phi) is 3.41. The van der Waals surface area contributed by atoms with Crippen molar-refractivity contribution in [3.05, 3.63) is 52.3 Å². The molecule has 1 heterocycles. The van der Waals surface area contributed by atoms with Gasteiger partial charge in [-0.2, -0.15) is 0 Å². The molecule has 0 aliphatic heterocycles. The first-order valence-corrected chi connectivity index (χ1v) is 7.35. The fourth-order valence-corrected chi connectivity index (χ4v) is 3.80. The van der Waals surface area contributed by atoms with Gasteiger partial charge < -0.3 is 0 Å². The van der Waals surface area contributed by atoms with Gasteiger partial charge in [0, 0.05) is 11.8 Å². The van der Waals surface area contributed by atoms with E-state index in [9.17, 15) is 13.2 Å². The molecule has 0 bridgehead atoms. The van der Waals surface area contributed by atoms with Crippen molar-refractivity contribution in [3.63, 3.8) is 0 Å². The van der Waals surface area contributed by atoms with E-state index in [4.69, 9.17) is 0 Å². The zero-order chi connectivity index (χ0) is 13.3. The number of aromatic nitrogens is 1. The van der Waals surface area contributed by atoms with Gasteiger partial charge in [0.15, 0.2) is 6.29 Å². The van der Waals surface area contributed by atoms with E-state index in [1.807, 2.05) is 0 Å². The number of nitrogens with zero attached hydrogens (tertiary/aromatic N) is 1. The van der Waals surface area contributed by atoms with Crippen molar-refractivity contribution in [2.24, 2.45) is 0 Å². The molecule has 0 atom stereocenters. The highest BCUT2D eigenvalue weighted by Crippen LogP contribution is 2.26. The second-order valence-electron chi connectivity index (χ2n) is 3.73. The van der Waals surface area contributed by atoms with Crippen LogP contribution >= 0.6 is 15.9 Å². The summed E-state index contributed by atoms with van der Waals surface area (Å²) in [7, 11) is -3.67. The molecule has 18 heavy (non-hydrogen) atoms. The van der Waals surface area contributed by atoms with Crippen LogP contribution in [0.4, 0.5) is 0 Å². The fraction of sp³-hybridized carbons (Fsp3) is 0.0833. The maximum atomic E-state index is 12.4. The Hall–Kier alpha value is -1.40. The topological polar surface area (TPSA) is 56.1 Å². The zero-order valence-corrected chi connectivity index (χ0v) is 11.9. The Labute approximate surface area is 113 Å². The molecule has 0 N–H and O–H groups in total. The van der Waals surface area contributed by atoms with Gasteiger partial charge in [-0.1, -0.05) is 18.2 Å². The minimum atomic E-state index is -3.67. The maximum absolute atomic E-state index is 12.4. The molecule has 94 valence electrons. The molecule has 0 saturated heterocycles. The van der Waals surface area contributed by atoms with E-state index in [1.54, 1.807) is 25.1 Å². The second-order valence-corrected chi connectivity index (χ2v) is 6.30. The number of hydrogen-bond donors (Lipinski definition) is 0. The van der Waals surface area contributed by atoms with Crippen molar-refractivity contribution in [3.8, 4) is 0 Å². The highest BCUT2D eigenvalue weighted by molar-refractivity contribution is 9.10. The standard InChI is InChI=1S/C12H10BrNO3S/c1-9-10(8-15)7-14(12(9)13)18(16,17)11-5-3-2-4-6-11/h2-8H,1H3. The minimum absolute atomic E-state index is 0.179. The molecule has 6 heteroatoms. The van der Waals surface area contributed by atoms with Gasteiger partial charge in [0.25, 0.3) is 10.0 Å². The molecule has 0 fully saturated rings. The average Bonchev–Trinajstić information content (AvgIpc) is 2.67. The number of carbonyl (C=O) groups excluding carboxylic acids is 1. The largest absolute Gasteiger partial charge is 0.298 e. The maximum Gasteiger partial charge on any atom is 0.268 e. The lowest BCUT2D eigenvalue weighted by Gasteiger charge is -2.07. The van der Waals surface area contributed by atoms with E-state index < -0.39 is 10.0 Å². The highest BCUT2D eigenvalue weighted by atomic mass is 79.9. The van der Waals surface area contributed by atoms with Gasteiger partial charge in [0.2, 0.25) is 0 Å². The van der Waals surface area contributed by atoms with Gasteiger partial charge in [-0.25, -0.2) is 12.4 Å². The van der Waals surface area contributed by atoms with Gasteiger partial charge in [-0.15, -0.1) is 0 Å². The van der Waals surface area contributed by atoms with Crippen LogP contribution in [0.3, 0.4) is 0 Å². The molecule has 0 aliphatic carbocycles. The Morgan fingerprint density at radius 1 is 1.22 bits per heavy atom. The number of aldehydes is 1. The quantitative estimate of drug-likeness (QED) is 0.814. The molecule has 0 unspecified atom stereocenters. The van der Waals surface area contributed by atoms with Crippen molar-refractivity contribution in [2.75, 3.05) is 0 Å². The lowest BCUT2D eigenvalue weighted by Crippen LogP contribution is -2.12. The van der Waals surface area contributed by atoms with E-state index in [2.05, 4.69) is 15.9 Å². The summed E-state index contributed by atoms with van der Waals surface area (Å²) in [6.07, 6.45) is 1.95. The Morgan fingerprint density at radius 3 is 2.33 bits per heavy atom. The monoisotopic (exact) mass is 327 g/mol. The van der Waals surface area contributed by atoms with Crippen LogP contribution in [0.1, 0.15) is 15.9 Å². The fourth-order valence-electron chi connectivity index (χ4n) is 1.56. The van der Waals surface area contributed by atoms with Crippen LogP contribution in [0.5, 0.6) is 0 Å². The van der Waals surface area contributed by atoms with Crippen LogP contribution in [0, 0.1) is 6.92 Å². The predicted octanol–water partition coefficient (Wildman–Crippen LogP) is 2.61. The number of rotatable bonds is 3. The van der Waals surface area contributed by atoms with Crippen LogP contribution in [0.2, 0.25) is 0 Å². The first kappa shape index (κ1) is 13.0. The lowest BCUT2D eigenvalue weighted by molar-refractivity contribution is 0.112. The Balaban J connectivity index is 2.66. The molecule has 1 aromatic carbocycles. The number of hydrogen-bond acceptors (Lipinski definition) is 3. The number of halogens is 1. The van der Waals surface area contributed by atoms with Gasteiger partial charge in [0.1, 0.15) is 4.60 Å². The summed E-state index contributed by atoms with van der Waals surface area (Å²) < 4.78 is 26.1. The second kappa shape index (κ2) is 4.70. The summed E-state index contributed by atoms with van der Waals surface area (Å²) in [5, 5.41) is 0. The first-order valence-electron chi connectivity index (χ1n) is 5.11. The van der Waals surface area contributed by atoms with Crippen molar-refractivity contribution in [2.45, 2.75) is 11.8 Å². The molecule has 0 amide bonds.